The normalized spacial score (nSPS) is 30.0. The van der Waals surface area contributed by atoms with Crippen LogP contribution in [0.2, 0.25) is 0 Å². The Labute approximate surface area is 266 Å². The highest BCUT2D eigenvalue weighted by molar-refractivity contribution is 5.69. The van der Waals surface area contributed by atoms with Crippen LogP contribution in [0.15, 0.2) is 0 Å². The number of aliphatic hydroxyl groups excluding tert-OH is 5. The lowest BCUT2D eigenvalue weighted by Crippen LogP contribution is -2.60. The molecule has 0 spiro atoms. The van der Waals surface area contributed by atoms with Crippen molar-refractivity contribution in [2.45, 2.75) is 158 Å². The van der Waals surface area contributed by atoms with Crippen molar-refractivity contribution in [2.24, 2.45) is 11.5 Å². The molecule has 14 heteroatoms. The van der Waals surface area contributed by atoms with Gasteiger partial charge in [0.15, 0.2) is 12.6 Å². The van der Waals surface area contributed by atoms with Gasteiger partial charge in [-0.25, -0.2) is 0 Å². The second-order valence-corrected chi connectivity index (χ2v) is 12.1. The van der Waals surface area contributed by atoms with Crippen LogP contribution in [0.3, 0.4) is 0 Å². The first-order valence-corrected chi connectivity index (χ1v) is 16.8. The number of hydrogen-bond acceptors (Lipinski definition) is 14. The average Bonchev–Trinajstić information content (AvgIpc) is 3.29. The fraction of sp³-hybridized carbons (Fsp3) is 0.935. The van der Waals surface area contributed by atoms with E-state index in [-0.39, 0.29) is 19.4 Å². The lowest BCUT2D eigenvalue weighted by molar-refractivity contribution is -0.342. The third kappa shape index (κ3) is 14.9. The largest absolute Gasteiger partial charge is 0.463 e. The van der Waals surface area contributed by atoms with Crippen molar-refractivity contribution in [2.75, 3.05) is 26.3 Å². The summed E-state index contributed by atoms with van der Waals surface area (Å²) in [5, 5.41) is 52.0. The first-order chi connectivity index (χ1) is 21.7. The van der Waals surface area contributed by atoms with Crippen molar-refractivity contribution in [1.29, 1.82) is 0 Å². The standard InChI is InChI=1S/C31H58N2O12/c32-17-13-9-5-1-3-7-11-15-23(34)41-19-21-25(36)27(38)29(40)31(43-21)45-30-28(39)26(37)22(44-30)20-42-24(35)16-12-8-4-2-6-10-14-18-33/h21-22,25-31,36-40H,1-20,32-33H2/t21?,22?,25-,26-,27?,28?,29?,30-,31-/m1/s1. The van der Waals surface area contributed by atoms with Gasteiger partial charge in [0.05, 0.1) is 0 Å². The Bertz CT molecular complexity index is 809. The number of unbranched alkanes of at least 4 members (excludes halogenated alkanes) is 12. The molecule has 2 heterocycles. The van der Waals surface area contributed by atoms with E-state index in [1.165, 1.54) is 0 Å². The van der Waals surface area contributed by atoms with E-state index in [2.05, 4.69) is 0 Å². The zero-order chi connectivity index (χ0) is 33.0. The van der Waals surface area contributed by atoms with E-state index in [0.29, 0.717) is 25.9 Å². The molecule has 0 aromatic heterocycles. The van der Waals surface area contributed by atoms with Gasteiger partial charge < -0.3 is 60.7 Å². The summed E-state index contributed by atoms with van der Waals surface area (Å²) in [6.45, 7) is 0.685. The van der Waals surface area contributed by atoms with E-state index in [4.69, 9.17) is 35.2 Å². The van der Waals surface area contributed by atoms with Gasteiger partial charge in [0.1, 0.15) is 55.9 Å². The van der Waals surface area contributed by atoms with Crippen LogP contribution in [0.4, 0.5) is 0 Å². The van der Waals surface area contributed by atoms with E-state index in [1.807, 2.05) is 0 Å². The first-order valence-electron chi connectivity index (χ1n) is 16.8. The van der Waals surface area contributed by atoms with Gasteiger partial charge in [-0.3, -0.25) is 9.59 Å². The highest BCUT2D eigenvalue weighted by Crippen LogP contribution is 2.29. The quantitative estimate of drug-likeness (QED) is 0.0557. The molecule has 2 saturated heterocycles. The van der Waals surface area contributed by atoms with Crippen molar-refractivity contribution in [3.63, 3.8) is 0 Å². The van der Waals surface area contributed by atoms with Crippen LogP contribution in [0.1, 0.15) is 103 Å². The molecule has 0 radical (unpaired) electrons. The van der Waals surface area contributed by atoms with Crippen molar-refractivity contribution in [1.82, 2.24) is 0 Å². The Morgan fingerprint density at radius 2 is 0.822 bits per heavy atom. The maximum atomic E-state index is 12.2. The maximum Gasteiger partial charge on any atom is 0.305 e. The molecule has 2 aliphatic rings. The molecule has 2 aliphatic heterocycles. The molecule has 2 fully saturated rings. The smallest absolute Gasteiger partial charge is 0.305 e. The molecule has 14 nitrogen and oxygen atoms in total. The minimum atomic E-state index is -1.73. The van der Waals surface area contributed by atoms with Gasteiger partial charge in [0.25, 0.3) is 0 Å². The number of carbonyl (C=O) groups is 2. The van der Waals surface area contributed by atoms with Crippen molar-refractivity contribution >= 4 is 11.9 Å². The number of hydrogen-bond donors (Lipinski definition) is 7. The zero-order valence-corrected chi connectivity index (χ0v) is 26.6. The van der Waals surface area contributed by atoms with Crippen LogP contribution in [0.5, 0.6) is 0 Å². The molecule has 0 bridgehead atoms. The predicted molar refractivity (Wildman–Crippen MR) is 162 cm³/mol. The molecule has 2 rings (SSSR count). The number of esters is 2. The predicted octanol–water partition coefficient (Wildman–Crippen LogP) is 0.503. The molecule has 0 aromatic rings. The SMILES string of the molecule is NCCCCCCCCCC(=O)OCC1O[C@H](O[C@H]2OC(COC(=O)CCCCCCCCCN)[C@@H](O)C2O)C(O)C(O)[C@@H]1O. The monoisotopic (exact) mass is 650 g/mol. The Morgan fingerprint density at radius 1 is 0.489 bits per heavy atom. The van der Waals surface area contributed by atoms with Gasteiger partial charge in [-0.2, -0.15) is 0 Å². The average molecular weight is 651 g/mol. The number of nitrogens with two attached hydrogens (primary N) is 2. The minimum absolute atomic E-state index is 0.193. The lowest BCUT2D eigenvalue weighted by Gasteiger charge is -2.40. The molecule has 0 aliphatic carbocycles. The molecule has 45 heavy (non-hydrogen) atoms. The zero-order valence-electron chi connectivity index (χ0n) is 26.6. The summed E-state index contributed by atoms with van der Waals surface area (Å²) in [7, 11) is 0. The Balaban J connectivity index is 1.71. The number of rotatable bonds is 24. The summed E-state index contributed by atoms with van der Waals surface area (Å²) >= 11 is 0. The third-order valence-corrected chi connectivity index (χ3v) is 8.24. The summed E-state index contributed by atoms with van der Waals surface area (Å²) in [5.74, 6) is -0.938. The summed E-state index contributed by atoms with van der Waals surface area (Å²) in [4.78, 5) is 24.3. The Kier molecular flexibility index (Phi) is 20.3. The number of carbonyl (C=O) groups excluding carboxylic acids is 2. The molecule has 9 N–H and O–H groups in total. The maximum absolute atomic E-state index is 12.2. The van der Waals surface area contributed by atoms with E-state index < -0.39 is 73.9 Å². The fourth-order valence-electron chi connectivity index (χ4n) is 5.35. The third-order valence-electron chi connectivity index (χ3n) is 8.24. The van der Waals surface area contributed by atoms with Gasteiger partial charge in [-0.1, -0.05) is 64.2 Å². The Morgan fingerprint density at radius 3 is 1.22 bits per heavy atom. The summed E-state index contributed by atoms with van der Waals surface area (Å²) in [6.07, 6.45) is 0.742. The van der Waals surface area contributed by atoms with Crippen LogP contribution in [0, 0.1) is 0 Å². The van der Waals surface area contributed by atoms with Crippen LogP contribution >= 0.6 is 0 Å². The van der Waals surface area contributed by atoms with E-state index in [9.17, 15) is 35.1 Å². The molecule has 264 valence electrons. The van der Waals surface area contributed by atoms with Gasteiger partial charge in [0.2, 0.25) is 0 Å². The van der Waals surface area contributed by atoms with E-state index >= 15 is 0 Å². The molecule has 9 atom stereocenters. The van der Waals surface area contributed by atoms with Crippen LogP contribution in [-0.2, 0) is 33.3 Å². The fourth-order valence-corrected chi connectivity index (χ4v) is 5.35. The van der Waals surface area contributed by atoms with Gasteiger partial charge in [0, 0.05) is 12.8 Å². The Hall–Kier alpha value is -1.46. The first kappa shape index (κ1) is 39.7. The molecule has 0 saturated carbocycles. The van der Waals surface area contributed by atoms with Crippen molar-refractivity contribution < 1.29 is 58.8 Å². The molecule has 5 unspecified atom stereocenters. The summed E-state index contributed by atoms with van der Waals surface area (Å²) in [6, 6.07) is 0. The van der Waals surface area contributed by atoms with E-state index in [0.717, 1.165) is 77.0 Å². The summed E-state index contributed by atoms with van der Waals surface area (Å²) in [5.41, 5.74) is 11.0. The number of ether oxygens (including phenoxy) is 5. The molecule has 0 amide bonds. The van der Waals surface area contributed by atoms with Crippen molar-refractivity contribution in [3.8, 4) is 0 Å². The second kappa shape index (κ2) is 23.0. The molecule has 0 aromatic carbocycles. The minimum Gasteiger partial charge on any atom is -0.463 e. The van der Waals surface area contributed by atoms with Gasteiger partial charge in [-0.15, -0.1) is 0 Å². The molecular weight excluding hydrogens is 592 g/mol. The highest BCUT2D eigenvalue weighted by atomic mass is 16.8. The topological polar surface area (TPSA) is 233 Å². The second-order valence-electron chi connectivity index (χ2n) is 12.1. The van der Waals surface area contributed by atoms with Crippen LogP contribution in [0.25, 0.3) is 0 Å². The lowest BCUT2D eigenvalue weighted by atomic mass is 9.99. The number of aliphatic hydroxyl groups is 5. The highest BCUT2D eigenvalue weighted by Gasteiger charge is 2.50. The van der Waals surface area contributed by atoms with Crippen LogP contribution in [-0.4, -0.2) is 119 Å². The van der Waals surface area contributed by atoms with Crippen molar-refractivity contribution in [3.05, 3.63) is 0 Å². The van der Waals surface area contributed by atoms with E-state index in [1.54, 1.807) is 0 Å². The molecular formula is C31H58N2O12. The van der Waals surface area contributed by atoms with Gasteiger partial charge in [-0.05, 0) is 38.8 Å². The van der Waals surface area contributed by atoms with Gasteiger partial charge >= 0.3 is 11.9 Å². The summed E-state index contributed by atoms with van der Waals surface area (Å²) < 4.78 is 27.1. The van der Waals surface area contributed by atoms with Crippen LogP contribution < -0.4 is 11.5 Å².